The molecule has 3 heterocycles. The minimum absolute atomic E-state index is 0.588. The number of aromatic nitrogens is 4. The Hall–Kier alpha value is -7.37. The molecular weight excluding hydrogens is 661 g/mol. The first kappa shape index (κ1) is 30.3. The van der Waals surface area contributed by atoms with Gasteiger partial charge in [-0.25, -0.2) is 15.0 Å². The highest BCUT2D eigenvalue weighted by atomic mass is 16.3. The van der Waals surface area contributed by atoms with Crippen LogP contribution in [0.4, 0.5) is 0 Å². The second-order valence-electron chi connectivity index (χ2n) is 13.6. The normalized spacial score (nSPS) is 11.7. The van der Waals surface area contributed by atoms with Crippen molar-refractivity contribution in [3.8, 4) is 51.0 Å². The average Bonchev–Trinajstić information content (AvgIpc) is 3.79. The molecule has 11 aromatic rings. The van der Waals surface area contributed by atoms with Crippen LogP contribution in [-0.2, 0) is 0 Å². The Balaban J connectivity index is 1.21. The number of hydrogen-bond acceptors (Lipinski definition) is 4. The van der Waals surface area contributed by atoms with Gasteiger partial charge in [0.15, 0.2) is 17.5 Å². The first-order valence-electron chi connectivity index (χ1n) is 18.1. The topological polar surface area (TPSA) is 56.7 Å². The highest BCUT2D eigenvalue weighted by Crippen LogP contribution is 2.44. The monoisotopic (exact) mass is 690 g/mol. The SMILES string of the molecule is c1ccc(-c2nc(-c3cccc4ccccc34)nc(-c3cccc4oc5cc(-n6c7ccccc7c7ccccc76)cc(-c6ccccc6)c5c34)n2)cc1. The molecule has 0 unspecified atom stereocenters. The average molecular weight is 691 g/mol. The third kappa shape index (κ3) is 4.76. The second kappa shape index (κ2) is 12.1. The van der Waals surface area contributed by atoms with E-state index in [2.05, 4.69) is 144 Å². The predicted molar refractivity (Wildman–Crippen MR) is 221 cm³/mol. The largest absolute Gasteiger partial charge is 0.456 e. The Morgan fingerprint density at radius 2 is 0.907 bits per heavy atom. The quantitative estimate of drug-likeness (QED) is 0.180. The van der Waals surface area contributed by atoms with Gasteiger partial charge in [-0.2, -0.15) is 0 Å². The minimum Gasteiger partial charge on any atom is -0.456 e. The molecule has 252 valence electrons. The summed E-state index contributed by atoms with van der Waals surface area (Å²) in [5.74, 6) is 1.83. The number of rotatable bonds is 5. The van der Waals surface area contributed by atoms with Gasteiger partial charge in [0.25, 0.3) is 0 Å². The van der Waals surface area contributed by atoms with Crippen LogP contribution >= 0.6 is 0 Å². The lowest BCUT2D eigenvalue weighted by Gasteiger charge is -2.13. The summed E-state index contributed by atoms with van der Waals surface area (Å²) in [5, 5.41) is 6.64. The van der Waals surface area contributed by atoms with Crippen LogP contribution in [0.5, 0.6) is 0 Å². The van der Waals surface area contributed by atoms with Crippen molar-refractivity contribution < 1.29 is 4.42 Å². The number of benzene rings is 8. The third-order valence-electron chi connectivity index (χ3n) is 10.4. The van der Waals surface area contributed by atoms with E-state index in [9.17, 15) is 0 Å². The minimum atomic E-state index is 0.588. The number of fused-ring (bicyclic) bond motifs is 7. The Labute approximate surface area is 310 Å². The molecule has 0 aliphatic carbocycles. The van der Waals surface area contributed by atoms with Crippen LogP contribution in [0, 0.1) is 0 Å². The van der Waals surface area contributed by atoms with Gasteiger partial charge in [-0.15, -0.1) is 0 Å². The van der Waals surface area contributed by atoms with Crippen molar-refractivity contribution in [2.24, 2.45) is 0 Å². The highest BCUT2D eigenvalue weighted by molar-refractivity contribution is 6.18. The summed E-state index contributed by atoms with van der Waals surface area (Å²) in [7, 11) is 0. The van der Waals surface area contributed by atoms with Crippen molar-refractivity contribution >= 4 is 54.5 Å². The van der Waals surface area contributed by atoms with Gasteiger partial charge in [-0.1, -0.05) is 152 Å². The highest BCUT2D eigenvalue weighted by Gasteiger charge is 2.22. The number of nitrogens with zero attached hydrogens (tertiary/aromatic N) is 4. The summed E-state index contributed by atoms with van der Waals surface area (Å²) >= 11 is 0. The van der Waals surface area contributed by atoms with E-state index in [-0.39, 0.29) is 0 Å². The zero-order chi connectivity index (χ0) is 35.6. The van der Waals surface area contributed by atoms with E-state index in [0.717, 1.165) is 77.2 Å². The molecule has 0 amide bonds. The standard InChI is InChI=1S/C49H30N4O/c1-3-15-32(16-4-1)40-29-34(53-41-26-11-9-22-36(41)37-23-10-12-27-42(37)53)30-44-46(40)45-39(25-14-28-43(45)54-44)49-51-47(33-18-5-2-6-19-33)50-48(52-49)38-24-13-20-31-17-7-8-21-35(31)38/h1-30H. The molecule has 0 radical (unpaired) electrons. The molecule has 54 heavy (non-hydrogen) atoms. The molecule has 0 spiro atoms. The van der Waals surface area contributed by atoms with Gasteiger partial charge in [-0.05, 0) is 46.2 Å². The summed E-state index contributed by atoms with van der Waals surface area (Å²) in [4.78, 5) is 15.5. The van der Waals surface area contributed by atoms with E-state index in [1.807, 2.05) is 42.5 Å². The molecule has 8 aromatic carbocycles. The van der Waals surface area contributed by atoms with E-state index in [4.69, 9.17) is 19.4 Å². The molecule has 0 aliphatic rings. The van der Waals surface area contributed by atoms with Gasteiger partial charge in [0.1, 0.15) is 11.2 Å². The molecule has 5 nitrogen and oxygen atoms in total. The van der Waals surface area contributed by atoms with E-state index in [1.54, 1.807) is 0 Å². The fourth-order valence-corrected chi connectivity index (χ4v) is 8.05. The molecule has 0 saturated carbocycles. The smallest absolute Gasteiger partial charge is 0.164 e. The lowest BCUT2D eigenvalue weighted by atomic mass is 9.96. The van der Waals surface area contributed by atoms with Crippen molar-refractivity contribution in [2.75, 3.05) is 0 Å². The lowest BCUT2D eigenvalue weighted by Crippen LogP contribution is -2.01. The Morgan fingerprint density at radius 1 is 0.370 bits per heavy atom. The summed E-state index contributed by atoms with van der Waals surface area (Å²) in [6, 6.07) is 63.2. The van der Waals surface area contributed by atoms with E-state index >= 15 is 0 Å². The van der Waals surface area contributed by atoms with Gasteiger partial charge in [0.05, 0.1) is 16.7 Å². The lowest BCUT2D eigenvalue weighted by molar-refractivity contribution is 0.669. The van der Waals surface area contributed by atoms with Gasteiger partial charge in [-0.3, -0.25) is 0 Å². The molecule has 0 fully saturated rings. The van der Waals surface area contributed by atoms with Gasteiger partial charge >= 0.3 is 0 Å². The van der Waals surface area contributed by atoms with Gasteiger partial charge < -0.3 is 8.98 Å². The van der Waals surface area contributed by atoms with Crippen molar-refractivity contribution in [2.45, 2.75) is 0 Å². The Bertz CT molecular complexity index is 3160. The van der Waals surface area contributed by atoms with Crippen molar-refractivity contribution in [1.29, 1.82) is 0 Å². The Kier molecular flexibility index (Phi) is 6.79. The fraction of sp³-hybridized carbons (Fsp3) is 0. The van der Waals surface area contributed by atoms with Crippen LogP contribution in [0.2, 0.25) is 0 Å². The maximum Gasteiger partial charge on any atom is 0.164 e. The first-order chi connectivity index (χ1) is 26.8. The van der Waals surface area contributed by atoms with Crippen molar-refractivity contribution in [3.05, 3.63) is 182 Å². The number of para-hydroxylation sites is 2. The van der Waals surface area contributed by atoms with Crippen LogP contribution in [0.15, 0.2) is 186 Å². The fourth-order valence-electron chi connectivity index (χ4n) is 8.05. The summed E-state index contributed by atoms with van der Waals surface area (Å²) in [6.07, 6.45) is 0. The summed E-state index contributed by atoms with van der Waals surface area (Å²) in [5.41, 5.74) is 9.82. The van der Waals surface area contributed by atoms with E-state index in [0.29, 0.717) is 17.5 Å². The summed E-state index contributed by atoms with van der Waals surface area (Å²) < 4.78 is 9.19. The van der Waals surface area contributed by atoms with Gasteiger partial charge in [0, 0.05) is 44.3 Å². The van der Waals surface area contributed by atoms with Gasteiger partial charge in [0.2, 0.25) is 0 Å². The maximum absolute atomic E-state index is 6.84. The molecule has 0 saturated heterocycles. The van der Waals surface area contributed by atoms with Crippen LogP contribution in [0.3, 0.4) is 0 Å². The molecule has 3 aromatic heterocycles. The first-order valence-corrected chi connectivity index (χ1v) is 18.1. The van der Waals surface area contributed by atoms with Crippen LogP contribution < -0.4 is 0 Å². The second-order valence-corrected chi connectivity index (χ2v) is 13.6. The van der Waals surface area contributed by atoms with Crippen LogP contribution in [0.25, 0.3) is 105 Å². The summed E-state index contributed by atoms with van der Waals surface area (Å²) in [6.45, 7) is 0. The molecular formula is C49H30N4O. The molecule has 0 N–H and O–H groups in total. The van der Waals surface area contributed by atoms with Crippen LogP contribution in [0.1, 0.15) is 0 Å². The molecule has 0 aliphatic heterocycles. The predicted octanol–water partition coefficient (Wildman–Crippen LogP) is 12.7. The van der Waals surface area contributed by atoms with Crippen molar-refractivity contribution in [1.82, 2.24) is 19.5 Å². The zero-order valence-corrected chi connectivity index (χ0v) is 29.0. The number of furan rings is 1. The van der Waals surface area contributed by atoms with E-state index in [1.165, 1.54) is 10.8 Å². The number of hydrogen-bond donors (Lipinski definition) is 0. The van der Waals surface area contributed by atoms with Crippen molar-refractivity contribution in [3.63, 3.8) is 0 Å². The molecule has 0 atom stereocenters. The molecule has 11 rings (SSSR count). The third-order valence-corrected chi connectivity index (χ3v) is 10.4. The van der Waals surface area contributed by atoms with Crippen LogP contribution in [-0.4, -0.2) is 19.5 Å². The Morgan fingerprint density at radius 3 is 1.65 bits per heavy atom. The molecule has 5 heteroatoms. The maximum atomic E-state index is 6.84. The van der Waals surface area contributed by atoms with E-state index < -0.39 is 0 Å². The zero-order valence-electron chi connectivity index (χ0n) is 29.0. The molecule has 0 bridgehead atoms.